The Labute approximate surface area is 147 Å². The minimum Gasteiger partial charge on any atom is -0.350 e. The molecular weight excluding hydrogens is 320 g/mol. The van der Waals surface area contributed by atoms with Gasteiger partial charge in [-0.3, -0.25) is 0 Å². The molecule has 4 nitrogen and oxygen atoms in total. The van der Waals surface area contributed by atoms with Crippen molar-refractivity contribution in [3.05, 3.63) is 77.4 Å². The first-order chi connectivity index (χ1) is 11.8. The lowest BCUT2D eigenvalue weighted by Gasteiger charge is -2.22. The van der Waals surface area contributed by atoms with Crippen molar-refractivity contribution in [2.24, 2.45) is 0 Å². The van der Waals surface area contributed by atoms with Gasteiger partial charge in [-0.05, 0) is 42.8 Å². The van der Waals surface area contributed by atoms with E-state index < -0.39 is 0 Å². The van der Waals surface area contributed by atoms with Gasteiger partial charge in [0.1, 0.15) is 5.82 Å². The van der Waals surface area contributed by atoms with Crippen molar-refractivity contribution in [3.63, 3.8) is 0 Å². The molecule has 0 aliphatic heterocycles. The predicted octanol–water partition coefficient (Wildman–Crippen LogP) is 4.90. The Morgan fingerprint density at radius 1 is 1.00 bits per heavy atom. The highest BCUT2D eigenvalue weighted by Gasteiger charge is 2.09. The Morgan fingerprint density at radius 2 is 1.75 bits per heavy atom. The van der Waals surface area contributed by atoms with Gasteiger partial charge >= 0.3 is 0 Å². The second-order valence-corrected chi connectivity index (χ2v) is 5.73. The van der Waals surface area contributed by atoms with Gasteiger partial charge in [-0.15, -0.1) is 0 Å². The van der Waals surface area contributed by atoms with Gasteiger partial charge in [-0.25, -0.2) is 4.98 Å². The summed E-state index contributed by atoms with van der Waals surface area (Å²) in [4.78, 5) is 11.1. The third kappa shape index (κ3) is 4.03. The summed E-state index contributed by atoms with van der Waals surface area (Å²) in [7, 11) is 0. The normalized spacial score (nSPS) is 10.4. The van der Waals surface area contributed by atoms with Gasteiger partial charge in [-0.2, -0.15) is 4.98 Å². The van der Waals surface area contributed by atoms with Crippen molar-refractivity contribution in [2.45, 2.75) is 13.5 Å². The molecule has 0 spiro atoms. The van der Waals surface area contributed by atoms with Crippen LogP contribution in [0.15, 0.2) is 66.9 Å². The predicted molar refractivity (Wildman–Crippen MR) is 99.9 cm³/mol. The number of halogens is 1. The number of aromatic nitrogens is 2. The van der Waals surface area contributed by atoms with E-state index in [2.05, 4.69) is 39.2 Å². The van der Waals surface area contributed by atoms with Crippen LogP contribution >= 0.6 is 11.6 Å². The summed E-state index contributed by atoms with van der Waals surface area (Å²) in [6, 6.07) is 19.9. The molecule has 0 atom stereocenters. The van der Waals surface area contributed by atoms with Crippen LogP contribution in [0.3, 0.4) is 0 Å². The van der Waals surface area contributed by atoms with E-state index in [0.29, 0.717) is 12.5 Å². The average Bonchev–Trinajstić information content (AvgIpc) is 2.63. The molecule has 0 fully saturated rings. The van der Waals surface area contributed by atoms with Crippen LogP contribution < -0.4 is 10.2 Å². The fraction of sp³-hybridized carbons (Fsp3) is 0.158. The maximum absolute atomic E-state index is 5.91. The van der Waals surface area contributed by atoms with E-state index >= 15 is 0 Å². The summed E-state index contributed by atoms with van der Waals surface area (Å²) in [6.07, 6.45) is 1.78. The number of anilines is 3. The number of rotatable bonds is 6. The number of para-hydroxylation sites is 1. The molecule has 0 radical (unpaired) electrons. The van der Waals surface area contributed by atoms with Crippen molar-refractivity contribution < 1.29 is 0 Å². The zero-order chi connectivity index (χ0) is 16.8. The van der Waals surface area contributed by atoms with Crippen LogP contribution in [0.25, 0.3) is 0 Å². The molecule has 24 heavy (non-hydrogen) atoms. The van der Waals surface area contributed by atoms with Gasteiger partial charge in [0.05, 0.1) is 0 Å². The van der Waals surface area contributed by atoms with E-state index in [4.69, 9.17) is 11.6 Å². The minimum atomic E-state index is 0.608. The molecule has 2 aromatic carbocycles. The minimum absolute atomic E-state index is 0.608. The van der Waals surface area contributed by atoms with Crippen LogP contribution in [0.2, 0.25) is 5.02 Å². The number of benzene rings is 2. The van der Waals surface area contributed by atoms with Gasteiger partial charge < -0.3 is 10.2 Å². The average molecular weight is 339 g/mol. The summed E-state index contributed by atoms with van der Waals surface area (Å²) < 4.78 is 0. The van der Waals surface area contributed by atoms with Gasteiger partial charge in [0.25, 0.3) is 0 Å². The zero-order valence-corrected chi connectivity index (χ0v) is 14.2. The Morgan fingerprint density at radius 3 is 2.46 bits per heavy atom. The lowest BCUT2D eigenvalue weighted by molar-refractivity contribution is 0.966. The number of hydrogen-bond donors (Lipinski definition) is 1. The fourth-order valence-electron chi connectivity index (χ4n) is 2.45. The quantitative estimate of drug-likeness (QED) is 0.694. The maximum Gasteiger partial charge on any atom is 0.224 e. The number of hydrogen-bond acceptors (Lipinski definition) is 4. The molecule has 122 valence electrons. The van der Waals surface area contributed by atoms with Crippen LogP contribution in [0.4, 0.5) is 17.5 Å². The largest absolute Gasteiger partial charge is 0.350 e. The van der Waals surface area contributed by atoms with Crippen LogP contribution in [-0.2, 0) is 6.54 Å². The lowest BCUT2D eigenvalue weighted by atomic mass is 10.2. The SMILES string of the molecule is CCN(c1ccccc1)c1ccnc(NCc2ccc(Cl)cc2)n1. The molecule has 0 aliphatic rings. The lowest BCUT2D eigenvalue weighted by Crippen LogP contribution is -2.18. The number of nitrogens with zero attached hydrogens (tertiary/aromatic N) is 3. The van der Waals surface area contributed by atoms with Crippen molar-refractivity contribution in [3.8, 4) is 0 Å². The molecule has 5 heteroatoms. The third-order valence-corrected chi connectivity index (χ3v) is 3.92. The van der Waals surface area contributed by atoms with E-state index in [1.807, 2.05) is 48.5 Å². The molecule has 0 saturated heterocycles. The summed E-state index contributed by atoms with van der Waals surface area (Å²) in [6.45, 7) is 3.59. The fourth-order valence-corrected chi connectivity index (χ4v) is 2.58. The van der Waals surface area contributed by atoms with E-state index in [0.717, 1.165) is 28.6 Å². The van der Waals surface area contributed by atoms with E-state index in [9.17, 15) is 0 Å². The highest BCUT2D eigenvalue weighted by atomic mass is 35.5. The molecule has 0 unspecified atom stereocenters. The van der Waals surface area contributed by atoms with Gasteiger partial charge in [-0.1, -0.05) is 41.9 Å². The Kier molecular flexibility index (Phi) is 5.29. The number of nitrogens with one attached hydrogen (secondary N) is 1. The molecule has 1 aromatic heterocycles. The monoisotopic (exact) mass is 338 g/mol. The molecule has 0 aliphatic carbocycles. The molecular formula is C19H19ClN4. The standard InChI is InChI=1S/C19H19ClN4/c1-2-24(17-6-4-3-5-7-17)18-12-13-21-19(23-18)22-14-15-8-10-16(20)11-9-15/h3-13H,2,14H2,1H3,(H,21,22,23). The van der Waals surface area contributed by atoms with E-state index in [-0.39, 0.29) is 0 Å². The van der Waals surface area contributed by atoms with Gasteiger partial charge in [0.15, 0.2) is 0 Å². The maximum atomic E-state index is 5.91. The highest BCUT2D eigenvalue weighted by Crippen LogP contribution is 2.23. The molecule has 0 bridgehead atoms. The highest BCUT2D eigenvalue weighted by molar-refractivity contribution is 6.30. The van der Waals surface area contributed by atoms with Crippen molar-refractivity contribution in [2.75, 3.05) is 16.8 Å². The zero-order valence-electron chi connectivity index (χ0n) is 13.5. The second kappa shape index (κ2) is 7.79. The Balaban J connectivity index is 1.74. The summed E-state index contributed by atoms with van der Waals surface area (Å²) in [5, 5.41) is 3.99. The first-order valence-corrected chi connectivity index (χ1v) is 8.28. The topological polar surface area (TPSA) is 41.1 Å². The van der Waals surface area contributed by atoms with Gasteiger partial charge in [0.2, 0.25) is 5.95 Å². The first kappa shape index (κ1) is 16.3. The van der Waals surface area contributed by atoms with Crippen LogP contribution in [0.1, 0.15) is 12.5 Å². The van der Waals surface area contributed by atoms with E-state index in [1.165, 1.54) is 0 Å². The van der Waals surface area contributed by atoms with E-state index in [1.54, 1.807) is 6.20 Å². The summed E-state index contributed by atoms with van der Waals surface area (Å²) in [5.41, 5.74) is 2.24. The molecule has 3 aromatic rings. The van der Waals surface area contributed by atoms with Crippen molar-refractivity contribution in [1.82, 2.24) is 9.97 Å². The van der Waals surface area contributed by atoms with Crippen molar-refractivity contribution >= 4 is 29.1 Å². The Bertz CT molecular complexity index is 775. The molecule has 3 rings (SSSR count). The molecule has 0 saturated carbocycles. The first-order valence-electron chi connectivity index (χ1n) is 7.90. The molecule has 1 N–H and O–H groups in total. The van der Waals surface area contributed by atoms with Crippen LogP contribution in [-0.4, -0.2) is 16.5 Å². The summed E-state index contributed by atoms with van der Waals surface area (Å²) >= 11 is 5.91. The summed E-state index contributed by atoms with van der Waals surface area (Å²) in [5.74, 6) is 1.48. The smallest absolute Gasteiger partial charge is 0.224 e. The molecule has 0 amide bonds. The Hall–Kier alpha value is -2.59. The molecule has 1 heterocycles. The third-order valence-electron chi connectivity index (χ3n) is 3.67. The van der Waals surface area contributed by atoms with Crippen molar-refractivity contribution in [1.29, 1.82) is 0 Å². The van der Waals surface area contributed by atoms with Gasteiger partial charge in [0, 0.05) is 30.0 Å². The second-order valence-electron chi connectivity index (χ2n) is 5.30. The van der Waals surface area contributed by atoms with Crippen LogP contribution in [0, 0.1) is 0 Å². The van der Waals surface area contributed by atoms with Crippen LogP contribution in [0.5, 0.6) is 0 Å².